The topological polar surface area (TPSA) is 38.8 Å². The molecule has 2 aromatic rings. The molecular weight excluding hydrogens is 469 g/mol. The van der Waals surface area contributed by atoms with Gasteiger partial charge in [0.15, 0.2) is 4.90 Å². The zero-order chi connectivity index (χ0) is 14.7. The Morgan fingerprint density at radius 1 is 1.30 bits per heavy atom. The van der Waals surface area contributed by atoms with Gasteiger partial charge in [0.05, 0.1) is 9.63 Å². The number of hydrogen-bond donors (Lipinski definition) is 1. The summed E-state index contributed by atoms with van der Waals surface area (Å²) in [5.74, 6) is 0.645. The summed E-state index contributed by atoms with van der Waals surface area (Å²) < 4.78 is 13.3. The number of halogens is 2. The Morgan fingerprint density at radius 3 is 2.50 bits per heavy atom. The van der Waals surface area contributed by atoms with E-state index < -0.39 is 11.2 Å². The van der Waals surface area contributed by atoms with Gasteiger partial charge >= 0.3 is 0 Å². The Hall–Kier alpha value is 0.370. The van der Waals surface area contributed by atoms with Gasteiger partial charge in [-0.3, -0.25) is 0 Å². The summed E-state index contributed by atoms with van der Waals surface area (Å²) >= 11 is 4.88. The van der Waals surface area contributed by atoms with Crippen molar-refractivity contribution in [1.29, 1.82) is 0 Å². The van der Waals surface area contributed by atoms with E-state index in [1.54, 1.807) is 8.93 Å². The monoisotopic (exact) mass is 483 g/mol. The van der Waals surface area contributed by atoms with E-state index in [0.29, 0.717) is 5.75 Å². The van der Waals surface area contributed by atoms with E-state index in [1.807, 2.05) is 31.2 Å². The van der Waals surface area contributed by atoms with Crippen LogP contribution in [0.15, 0.2) is 38.8 Å². The molecule has 1 aromatic carbocycles. The van der Waals surface area contributed by atoms with Crippen molar-refractivity contribution in [3.05, 3.63) is 45.6 Å². The lowest BCUT2D eigenvalue weighted by Gasteiger charge is -2.10. The zero-order valence-corrected chi connectivity index (χ0v) is 16.6. The number of aromatic nitrogens is 1. The first-order valence-corrected chi connectivity index (χ1v) is 11.6. The van der Waals surface area contributed by atoms with E-state index in [-0.39, 0.29) is 0 Å². The predicted molar refractivity (Wildman–Crippen MR) is 99.3 cm³/mol. The normalized spacial score (nSPS) is 12.7. The maximum atomic E-state index is 12.3. The molecule has 1 unspecified atom stereocenters. The fraction of sp³-hybridized carbons (Fsp3) is 0.286. The van der Waals surface area contributed by atoms with Crippen molar-refractivity contribution in [1.82, 2.24) is 4.98 Å². The van der Waals surface area contributed by atoms with Crippen LogP contribution in [0.5, 0.6) is 0 Å². The summed E-state index contributed by atoms with van der Waals surface area (Å²) in [5.41, 5.74) is 3.67. The van der Waals surface area contributed by atoms with Crippen molar-refractivity contribution >= 4 is 57.2 Å². The lowest BCUT2D eigenvalue weighted by Crippen LogP contribution is -2.09. The van der Waals surface area contributed by atoms with E-state index in [1.165, 1.54) is 16.7 Å². The fourth-order valence-corrected chi connectivity index (χ4v) is 5.54. The highest BCUT2D eigenvalue weighted by atomic mass is 127. The van der Waals surface area contributed by atoms with Crippen molar-refractivity contribution in [3.63, 3.8) is 0 Å². The zero-order valence-electron chi connectivity index (χ0n) is 11.2. The molecule has 0 saturated carbocycles. The highest BCUT2D eigenvalue weighted by Gasteiger charge is 2.16. The number of aromatic amines is 1. The van der Waals surface area contributed by atoms with E-state index in [2.05, 4.69) is 49.0 Å². The molecule has 0 bridgehead atoms. The van der Waals surface area contributed by atoms with Gasteiger partial charge in [-0.2, -0.15) is 0 Å². The highest BCUT2D eigenvalue weighted by Crippen LogP contribution is 2.34. The van der Waals surface area contributed by atoms with Crippen molar-refractivity contribution in [2.24, 2.45) is 0 Å². The van der Waals surface area contributed by atoms with Gasteiger partial charge in [0, 0.05) is 27.6 Å². The third-order valence-corrected chi connectivity index (χ3v) is 7.11. The Bertz CT molecular complexity index is 586. The number of rotatable bonds is 5. The van der Waals surface area contributed by atoms with Crippen molar-refractivity contribution in [3.8, 4) is 0 Å². The van der Waals surface area contributed by atoms with Crippen molar-refractivity contribution < 1.29 is 4.55 Å². The van der Waals surface area contributed by atoms with Gasteiger partial charge in [-0.05, 0) is 73.1 Å². The van der Waals surface area contributed by atoms with Gasteiger partial charge in [-0.15, -0.1) is 0 Å². The quantitative estimate of drug-likeness (QED) is 0.469. The molecule has 108 valence electrons. The van der Waals surface area contributed by atoms with Crippen LogP contribution in [0, 0.1) is 13.8 Å². The first-order chi connectivity index (χ1) is 9.52. The van der Waals surface area contributed by atoms with E-state index in [4.69, 9.17) is 0 Å². The van der Waals surface area contributed by atoms with Crippen LogP contribution in [0.4, 0.5) is 0 Å². The molecule has 0 amide bonds. The number of hydrogen-bond acceptors (Lipinski definition) is 2. The maximum Gasteiger partial charge on any atom is 0.152 e. The minimum Gasteiger partial charge on any atom is -0.611 e. The molecule has 0 radical (unpaired) electrons. The molecule has 1 N–H and O–H groups in total. The second-order valence-electron chi connectivity index (χ2n) is 4.56. The SMILES string of the molecule is Cc1ccc([S+]([O-])CCc2c(Br)[nH]c(SI)c2C)cc1. The predicted octanol–water partition coefficient (Wildman–Crippen LogP) is 5.19. The number of benzene rings is 1. The van der Waals surface area contributed by atoms with Crippen LogP contribution >= 0.6 is 46.1 Å². The lowest BCUT2D eigenvalue weighted by atomic mass is 10.2. The van der Waals surface area contributed by atoms with Crippen molar-refractivity contribution in [2.45, 2.75) is 30.2 Å². The first kappa shape index (κ1) is 16.7. The molecule has 0 aliphatic heterocycles. The second kappa shape index (κ2) is 7.58. The molecule has 2 rings (SSSR count). The van der Waals surface area contributed by atoms with Crippen LogP contribution in [-0.4, -0.2) is 15.3 Å². The largest absolute Gasteiger partial charge is 0.611 e. The highest BCUT2D eigenvalue weighted by molar-refractivity contribution is 14.2. The molecule has 0 spiro atoms. The first-order valence-electron chi connectivity index (χ1n) is 6.13. The van der Waals surface area contributed by atoms with Crippen LogP contribution in [0.25, 0.3) is 0 Å². The lowest BCUT2D eigenvalue weighted by molar-refractivity contribution is 0.594. The summed E-state index contributed by atoms with van der Waals surface area (Å²) in [7, 11) is 1.67. The minimum absolute atomic E-state index is 0.645. The van der Waals surface area contributed by atoms with Crippen molar-refractivity contribution in [2.75, 3.05) is 5.75 Å². The molecule has 2 nitrogen and oxygen atoms in total. The molecular formula is C14H15BrINOS2. The van der Waals surface area contributed by atoms with Gasteiger partial charge in [0.25, 0.3) is 0 Å². The molecule has 0 aliphatic carbocycles. The van der Waals surface area contributed by atoms with Crippen LogP contribution in [0.3, 0.4) is 0 Å². The van der Waals surface area contributed by atoms with Gasteiger partial charge in [0.1, 0.15) is 5.75 Å². The number of nitrogens with one attached hydrogen (secondary N) is 1. The Kier molecular flexibility index (Phi) is 6.34. The minimum atomic E-state index is -0.945. The average Bonchev–Trinajstić information content (AvgIpc) is 2.71. The van der Waals surface area contributed by atoms with Gasteiger partial charge in [-0.1, -0.05) is 17.7 Å². The molecule has 0 fully saturated rings. The molecule has 0 saturated heterocycles. The maximum absolute atomic E-state index is 12.3. The third kappa shape index (κ3) is 3.97. The number of H-pyrrole nitrogens is 1. The summed E-state index contributed by atoms with van der Waals surface area (Å²) in [4.78, 5) is 4.21. The smallest absolute Gasteiger partial charge is 0.152 e. The molecule has 1 atom stereocenters. The summed E-state index contributed by atoms with van der Waals surface area (Å²) in [5, 5.41) is 1.16. The van der Waals surface area contributed by atoms with Gasteiger partial charge in [-0.25, -0.2) is 0 Å². The molecule has 0 aliphatic rings. The Labute approximate surface area is 147 Å². The molecule has 1 heterocycles. The average molecular weight is 484 g/mol. The number of aryl methyl sites for hydroxylation is 1. The van der Waals surface area contributed by atoms with Crippen LogP contribution in [0.1, 0.15) is 16.7 Å². The van der Waals surface area contributed by atoms with Crippen LogP contribution < -0.4 is 0 Å². The molecule has 20 heavy (non-hydrogen) atoms. The van der Waals surface area contributed by atoms with Crippen LogP contribution in [-0.2, 0) is 17.6 Å². The van der Waals surface area contributed by atoms with Gasteiger partial charge in [0.2, 0.25) is 0 Å². The summed E-state index contributed by atoms with van der Waals surface area (Å²) in [6, 6.07) is 7.93. The standard InChI is InChI=1S/C14H15BrINOS2/c1-9-3-5-11(6-4-9)20(18)8-7-12-10(2)14(19-16)17-13(12)15/h3-6,17H,7-8H2,1-2H3. The van der Waals surface area contributed by atoms with E-state index >= 15 is 0 Å². The fourth-order valence-electron chi connectivity index (χ4n) is 1.95. The molecule has 1 aromatic heterocycles. The summed E-state index contributed by atoms with van der Waals surface area (Å²) in [6.07, 6.45) is 0.806. The Morgan fingerprint density at radius 2 is 1.95 bits per heavy atom. The van der Waals surface area contributed by atoms with E-state index in [0.717, 1.165) is 20.9 Å². The van der Waals surface area contributed by atoms with E-state index in [9.17, 15) is 4.55 Å². The van der Waals surface area contributed by atoms with Gasteiger partial charge < -0.3 is 9.54 Å². The Balaban J connectivity index is 2.05. The molecule has 6 heteroatoms. The third-order valence-electron chi connectivity index (χ3n) is 3.18. The second-order valence-corrected chi connectivity index (χ2v) is 8.81. The summed E-state index contributed by atoms with van der Waals surface area (Å²) in [6.45, 7) is 4.14. The van der Waals surface area contributed by atoms with Crippen LogP contribution in [0.2, 0.25) is 0 Å².